The van der Waals surface area contributed by atoms with Crippen molar-refractivity contribution in [1.29, 1.82) is 0 Å². The smallest absolute Gasteiger partial charge is 0.247 e. The monoisotopic (exact) mass is 315 g/mol. The molecular weight excluding hydrogens is 294 g/mol. The summed E-state index contributed by atoms with van der Waals surface area (Å²) in [5.74, 6) is 0.240. The molecule has 0 aromatic heterocycles. The van der Waals surface area contributed by atoms with E-state index in [1.165, 1.54) is 17.5 Å². The molecule has 0 atom stereocenters. The average molecular weight is 315 g/mol. The minimum absolute atomic E-state index is 0.108. The summed E-state index contributed by atoms with van der Waals surface area (Å²) < 4.78 is 37.8. The van der Waals surface area contributed by atoms with Crippen molar-refractivity contribution in [1.82, 2.24) is 4.31 Å². The minimum Gasteiger partial charge on any atom is -0.495 e. The average Bonchev–Trinajstić information content (AvgIpc) is 2.45. The van der Waals surface area contributed by atoms with Crippen molar-refractivity contribution >= 4 is 10.0 Å². The molecule has 0 unspecified atom stereocenters. The van der Waals surface area contributed by atoms with Gasteiger partial charge in [0, 0.05) is 6.54 Å². The van der Waals surface area contributed by atoms with Gasteiger partial charge in [-0.3, -0.25) is 0 Å². The molecule has 0 amide bonds. The second kappa shape index (κ2) is 5.92. The maximum atomic E-state index is 12.9. The zero-order chi connectivity index (χ0) is 15.7. The second-order valence-electron chi connectivity index (χ2n) is 5.59. The highest BCUT2D eigenvalue weighted by molar-refractivity contribution is 7.89. The number of rotatable bonds is 4. The van der Waals surface area contributed by atoms with Crippen LogP contribution in [0.3, 0.4) is 0 Å². The standard InChI is InChI=1S/C14H21NO5S/c1-14(2)10-20-7-6-15(14)21(17,18)13-5-4-11(9-16)8-12(13)19-3/h4-5,8,16H,6-7,9-10H2,1-3H3. The van der Waals surface area contributed by atoms with Crippen LogP contribution in [0.5, 0.6) is 5.75 Å². The van der Waals surface area contributed by atoms with Gasteiger partial charge in [0.1, 0.15) is 10.6 Å². The van der Waals surface area contributed by atoms with Gasteiger partial charge in [-0.1, -0.05) is 6.07 Å². The fraction of sp³-hybridized carbons (Fsp3) is 0.571. The van der Waals surface area contributed by atoms with Gasteiger partial charge in [0.15, 0.2) is 0 Å². The normalized spacial score (nSPS) is 19.4. The van der Waals surface area contributed by atoms with E-state index in [0.29, 0.717) is 25.3 Å². The fourth-order valence-corrected chi connectivity index (χ4v) is 4.32. The zero-order valence-corrected chi connectivity index (χ0v) is 13.3. The maximum absolute atomic E-state index is 12.9. The molecule has 1 aromatic rings. The van der Waals surface area contributed by atoms with E-state index in [2.05, 4.69) is 0 Å². The van der Waals surface area contributed by atoms with Crippen LogP contribution in [0.1, 0.15) is 19.4 Å². The zero-order valence-electron chi connectivity index (χ0n) is 12.5. The lowest BCUT2D eigenvalue weighted by Crippen LogP contribution is -2.55. The number of aliphatic hydroxyl groups excluding tert-OH is 1. The van der Waals surface area contributed by atoms with Crippen LogP contribution >= 0.6 is 0 Å². The first-order chi connectivity index (χ1) is 9.82. The summed E-state index contributed by atoms with van der Waals surface area (Å²) >= 11 is 0. The van der Waals surface area contributed by atoms with Crippen molar-refractivity contribution in [2.75, 3.05) is 26.9 Å². The highest BCUT2D eigenvalue weighted by atomic mass is 32.2. The molecule has 7 heteroatoms. The number of nitrogens with zero attached hydrogens (tertiary/aromatic N) is 1. The number of morpholine rings is 1. The Hall–Kier alpha value is -1.15. The first-order valence-corrected chi connectivity index (χ1v) is 8.15. The molecule has 0 spiro atoms. The van der Waals surface area contributed by atoms with Crippen LogP contribution in [0.2, 0.25) is 0 Å². The number of hydrogen-bond donors (Lipinski definition) is 1. The van der Waals surface area contributed by atoms with Crippen molar-refractivity contribution in [2.24, 2.45) is 0 Å². The number of hydrogen-bond acceptors (Lipinski definition) is 5. The van der Waals surface area contributed by atoms with Crippen LogP contribution in [0, 0.1) is 0 Å². The number of benzene rings is 1. The van der Waals surface area contributed by atoms with Gasteiger partial charge in [-0.2, -0.15) is 4.31 Å². The summed E-state index contributed by atoms with van der Waals surface area (Å²) in [4.78, 5) is 0.108. The Labute approximate surface area is 125 Å². The molecule has 1 N–H and O–H groups in total. The molecule has 118 valence electrons. The van der Waals surface area contributed by atoms with E-state index in [9.17, 15) is 8.42 Å². The van der Waals surface area contributed by atoms with Gasteiger partial charge in [-0.15, -0.1) is 0 Å². The third kappa shape index (κ3) is 3.06. The molecule has 1 aliphatic heterocycles. The highest BCUT2D eigenvalue weighted by Gasteiger charge is 2.40. The molecular formula is C14H21NO5S. The van der Waals surface area contributed by atoms with Crippen molar-refractivity contribution in [3.8, 4) is 5.75 Å². The number of sulfonamides is 1. The molecule has 21 heavy (non-hydrogen) atoms. The second-order valence-corrected chi connectivity index (χ2v) is 7.42. The predicted octanol–water partition coefficient (Wildman–Crippen LogP) is 0.987. The van der Waals surface area contributed by atoms with Crippen LogP contribution in [0.4, 0.5) is 0 Å². The third-order valence-electron chi connectivity index (χ3n) is 3.55. The van der Waals surface area contributed by atoms with Crippen LogP contribution < -0.4 is 4.74 Å². The van der Waals surface area contributed by atoms with Crippen molar-refractivity contribution in [3.63, 3.8) is 0 Å². The van der Waals surface area contributed by atoms with E-state index < -0.39 is 15.6 Å². The first kappa shape index (κ1) is 16.2. The van der Waals surface area contributed by atoms with E-state index in [1.807, 2.05) is 13.8 Å². The Bertz CT molecular complexity index is 612. The number of ether oxygens (including phenoxy) is 2. The van der Waals surface area contributed by atoms with Gasteiger partial charge in [0.25, 0.3) is 0 Å². The lowest BCUT2D eigenvalue weighted by Gasteiger charge is -2.40. The summed E-state index contributed by atoms with van der Waals surface area (Å²) in [5.41, 5.74) is -0.00961. The predicted molar refractivity (Wildman–Crippen MR) is 77.7 cm³/mol. The van der Waals surface area contributed by atoms with Gasteiger partial charge < -0.3 is 14.6 Å². The van der Waals surface area contributed by atoms with Gasteiger partial charge >= 0.3 is 0 Å². The highest BCUT2D eigenvalue weighted by Crippen LogP contribution is 2.32. The molecule has 0 aliphatic carbocycles. The summed E-state index contributed by atoms with van der Waals surface area (Å²) in [6.07, 6.45) is 0. The molecule has 1 aromatic carbocycles. The van der Waals surface area contributed by atoms with Crippen LogP contribution in [-0.2, 0) is 21.4 Å². The molecule has 1 aliphatic rings. The quantitative estimate of drug-likeness (QED) is 0.896. The van der Waals surface area contributed by atoms with Crippen LogP contribution in [0.25, 0.3) is 0 Å². The Morgan fingerprint density at radius 2 is 2.14 bits per heavy atom. The number of methoxy groups -OCH3 is 1. The van der Waals surface area contributed by atoms with Crippen molar-refractivity contribution in [2.45, 2.75) is 30.9 Å². The van der Waals surface area contributed by atoms with E-state index in [-0.39, 0.29) is 17.3 Å². The molecule has 1 heterocycles. The maximum Gasteiger partial charge on any atom is 0.247 e. The molecule has 1 saturated heterocycles. The molecule has 2 rings (SSSR count). The summed E-state index contributed by atoms with van der Waals surface area (Å²) in [6, 6.07) is 4.61. The summed E-state index contributed by atoms with van der Waals surface area (Å²) in [7, 11) is -2.27. The summed E-state index contributed by atoms with van der Waals surface area (Å²) in [5, 5.41) is 9.15. The third-order valence-corrected chi connectivity index (χ3v) is 5.70. The van der Waals surface area contributed by atoms with Crippen LogP contribution in [0.15, 0.2) is 23.1 Å². The minimum atomic E-state index is -3.69. The largest absolute Gasteiger partial charge is 0.495 e. The Balaban J connectivity index is 2.48. The number of aliphatic hydroxyl groups is 1. The lowest BCUT2D eigenvalue weighted by atomic mass is 10.1. The van der Waals surface area contributed by atoms with Gasteiger partial charge in [-0.05, 0) is 31.5 Å². The Morgan fingerprint density at radius 1 is 1.43 bits per heavy atom. The SMILES string of the molecule is COc1cc(CO)ccc1S(=O)(=O)N1CCOCC1(C)C. The fourth-order valence-electron chi connectivity index (χ4n) is 2.43. The topological polar surface area (TPSA) is 76.1 Å². The van der Waals surface area contributed by atoms with E-state index in [4.69, 9.17) is 14.6 Å². The molecule has 1 fully saturated rings. The molecule has 0 bridgehead atoms. The van der Waals surface area contributed by atoms with Crippen molar-refractivity contribution in [3.05, 3.63) is 23.8 Å². The summed E-state index contributed by atoms with van der Waals surface area (Å²) in [6.45, 7) is 4.53. The first-order valence-electron chi connectivity index (χ1n) is 6.71. The Kier molecular flexibility index (Phi) is 4.57. The molecule has 6 nitrogen and oxygen atoms in total. The van der Waals surface area contributed by atoms with E-state index in [1.54, 1.807) is 12.1 Å². The van der Waals surface area contributed by atoms with Gasteiger partial charge in [0.05, 0.1) is 32.5 Å². The molecule has 0 saturated carbocycles. The van der Waals surface area contributed by atoms with E-state index in [0.717, 1.165) is 0 Å². The van der Waals surface area contributed by atoms with Crippen LogP contribution in [-0.4, -0.2) is 50.2 Å². The van der Waals surface area contributed by atoms with E-state index >= 15 is 0 Å². The Morgan fingerprint density at radius 3 is 2.71 bits per heavy atom. The lowest BCUT2D eigenvalue weighted by molar-refractivity contribution is -0.00776. The molecule has 0 radical (unpaired) electrons. The van der Waals surface area contributed by atoms with Gasteiger partial charge in [-0.25, -0.2) is 8.42 Å². The van der Waals surface area contributed by atoms with Gasteiger partial charge in [0.2, 0.25) is 10.0 Å². The van der Waals surface area contributed by atoms with Crippen molar-refractivity contribution < 1.29 is 23.0 Å².